The molecule has 1 aromatic rings. The lowest BCUT2D eigenvalue weighted by Gasteiger charge is -2.24. The molecular formula is C14H19N3O4S. The van der Waals surface area contributed by atoms with Crippen molar-refractivity contribution in [3.8, 4) is 0 Å². The minimum Gasteiger partial charge on any atom is -0.310 e. The van der Waals surface area contributed by atoms with Crippen LogP contribution in [-0.2, 0) is 10.0 Å². The summed E-state index contributed by atoms with van der Waals surface area (Å²) in [6, 6.07) is 4.78. The van der Waals surface area contributed by atoms with Gasteiger partial charge in [0.1, 0.15) is 0 Å². The second-order valence-corrected chi connectivity index (χ2v) is 7.85. The van der Waals surface area contributed by atoms with E-state index in [0.717, 1.165) is 19.3 Å². The van der Waals surface area contributed by atoms with Crippen LogP contribution in [0.4, 0.5) is 5.69 Å². The van der Waals surface area contributed by atoms with Crippen molar-refractivity contribution >= 4 is 15.7 Å². The molecule has 2 saturated heterocycles. The minimum absolute atomic E-state index is 0.0412. The van der Waals surface area contributed by atoms with Crippen molar-refractivity contribution in [1.82, 2.24) is 9.62 Å². The van der Waals surface area contributed by atoms with Crippen LogP contribution < -0.4 is 5.32 Å². The summed E-state index contributed by atoms with van der Waals surface area (Å²) >= 11 is 0. The first-order valence-electron chi connectivity index (χ1n) is 7.40. The third kappa shape index (κ3) is 2.62. The van der Waals surface area contributed by atoms with Gasteiger partial charge >= 0.3 is 0 Å². The highest BCUT2D eigenvalue weighted by molar-refractivity contribution is 7.89. The molecule has 2 aliphatic heterocycles. The smallest absolute Gasteiger partial charge is 0.273 e. The molecule has 2 fully saturated rings. The molecule has 1 N–H and O–H groups in total. The van der Waals surface area contributed by atoms with Crippen LogP contribution >= 0.6 is 0 Å². The molecule has 0 aromatic heterocycles. The van der Waals surface area contributed by atoms with E-state index in [1.165, 1.54) is 29.4 Å². The van der Waals surface area contributed by atoms with E-state index in [1.807, 2.05) is 0 Å². The predicted molar refractivity (Wildman–Crippen MR) is 81.2 cm³/mol. The van der Waals surface area contributed by atoms with Crippen molar-refractivity contribution in [2.45, 2.75) is 43.2 Å². The molecule has 0 saturated carbocycles. The van der Waals surface area contributed by atoms with Crippen LogP contribution in [0.15, 0.2) is 23.1 Å². The van der Waals surface area contributed by atoms with Crippen molar-refractivity contribution in [1.29, 1.82) is 0 Å². The Bertz CT molecular complexity index is 704. The number of rotatable bonds is 3. The number of nitrogens with one attached hydrogen (secondary N) is 1. The third-order valence-corrected chi connectivity index (χ3v) is 6.57. The molecule has 2 aliphatic rings. The van der Waals surface area contributed by atoms with Crippen LogP contribution in [0.2, 0.25) is 0 Å². The molecule has 0 spiro atoms. The molecule has 7 nitrogen and oxygen atoms in total. The Balaban J connectivity index is 1.96. The molecule has 0 aliphatic carbocycles. The Morgan fingerprint density at radius 2 is 2.00 bits per heavy atom. The average molecular weight is 325 g/mol. The van der Waals surface area contributed by atoms with Crippen LogP contribution in [0, 0.1) is 17.0 Å². The second kappa shape index (κ2) is 5.60. The third-order valence-electron chi connectivity index (χ3n) is 4.56. The van der Waals surface area contributed by atoms with Crippen LogP contribution in [0.3, 0.4) is 0 Å². The van der Waals surface area contributed by atoms with Gasteiger partial charge in [-0.2, -0.15) is 4.31 Å². The highest BCUT2D eigenvalue weighted by Gasteiger charge is 2.36. The number of hydrogen-bond donors (Lipinski definition) is 1. The quantitative estimate of drug-likeness (QED) is 0.670. The lowest BCUT2D eigenvalue weighted by molar-refractivity contribution is -0.385. The molecule has 0 radical (unpaired) electrons. The summed E-state index contributed by atoms with van der Waals surface area (Å²) in [4.78, 5) is 10.5. The molecule has 2 atom stereocenters. The average Bonchev–Trinajstić information content (AvgIpc) is 2.77. The van der Waals surface area contributed by atoms with E-state index in [2.05, 4.69) is 5.32 Å². The van der Waals surface area contributed by atoms with Gasteiger partial charge in [0.05, 0.1) is 9.82 Å². The van der Waals surface area contributed by atoms with Crippen LogP contribution in [0.1, 0.15) is 24.8 Å². The lowest BCUT2D eigenvalue weighted by atomic mass is 10.1. The molecule has 1 aromatic carbocycles. The first-order chi connectivity index (χ1) is 10.4. The maximum absolute atomic E-state index is 12.9. The molecule has 2 unspecified atom stereocenters. The predicted octanol–water partition coefficient (Wildman–Crippen LogP) is 1.42. The van der Waals surface area contributed by atoms with Gasteiger partial charge in [-0.15, -0.1) is 0 Å². The fourth-order valence-corrected chi connectivity index (χ4v) is 5.09. The Hall–Kier alpha value is -1.51. The van der Waals surface area contributed by atoms with Gasteiger partial charge < -0.3 is 5.32 Å². The zero-order chi connectivity index (χ0) is 15.9. The fourth-order valence-electron chi connectivity index (χ4n) is 3.35. The Labute approximate surface area is 129 Å². The van der Waals surface area contributed by atoms with E-state index in [-0.39, 0.29) is 22.2 Å². The maximum Gasteiger partial charge on any atom is 0.273 e. The van der Waals surface area contributed by atoms with Crippen molar-refractivity contribution in [3.63, 3.8) is 0 Å². The molecule has 3 rings (SSSR count). The number of nitrogens with zero attached hydrogens (tertiary/aromatic N) is 2. The number of benzene rings is 1. The monoisotopic (exact) mass is 325 g/mol. The summed E-state index contributed by atoms with van der Waals surface area (Å²) in [7, 11) is -3.71. The van der Waals surface area contributed by atoms with Gasteiger partial charge in [-0.3, -0.25) is 10.1 Å². The first-order valence-corrected chi connectivity index (χ1v) is 8.84. The number of nitro groups is 1. The number of sulfonamides is 1. The van der Waals surface area contributed by atoms with Gasteiger partial charge in [0.2, 0.25) is 10.0 Å². The highest BCUT2D eigenvalue weighted by atomic mass is 32.2. The second-order valence-electron chi connectivity index (χ2n) is 5.95. The van der Waals surface area contributed by atoms with Crippen molar-refractivity contribution in [3.05, 3.63) is 33.9 Å². The summed E-state index contributed by atoms with van der Waals surface area (Å²) in [6.07, 6.45) is 2.85. The van der Waals surface area contributed by atoms with Crippen LogP contribution in [-0.4, -0.2) is 42.8 Å². The number of nitro benzene ring substituents is 1. The molecule has 120 valence electrons. The summed E-state index contributed by atoms with van der Waals surface area (Å²) < 4.78 is 27.2. The summed E-state index contributed by atoms with van der Waals surface area (Å²) in [5.74, 6) is 0. The zero-order valence-electron chi connectivity index (χ0n) is 12.4. The summed E-state index contributed by atoms with van der Waals surface area (Å²) in [5.41, 5.74) is 0.0467. The summed E-state index contributed by atoms with van der Waals surface area (Å²) in [6.45, 7) is 2.38. The van der Waals surface area contributed by atoms with Crippen LogP contribution in [0.5, 0.6) is 0 Å². The van der Waals surface area contributed by atoms with Crippen molar-refractivity contribution in [2.24, 2.45) is 0 Å². The molecular weight excluding hydrogens is 306 g/mol. The molecule has 2 bridgehead atoms. The Morgan fingerprint density at radius 3 is 2.73 bits per heavy atom. The zero-order valence-corrected chi connectivity index (χ0v) is 13.2. The van der Waals surface area contributed by atoms with Gasteiger partial charge in [-0.05, 0) is 32.3 Å². The topological polar surface area (TPSA) is 92.5 Å². The Kier molecular flexibility index (Phi) is 3.92. The van der Waals surface area contributed by atoms with Crippen molar-refractivity contribution in [2.75, 3.05) is 13.1 Å². The maximum atomic E-state index is 12.9. The van der Waals surface area contributed by atoms with Gasteiger partial charge in [0.25, 0.3) is 5.69 Å². The SMILES string of the molecule is Cc1c([N+](=O)[O-])cccc1S(=O)(=O)N1CCC2CCC(C1)N2. The van der Waals surface area contributed by atoms with Gasteiger partial charge in [0.15, 0.2) is 0 Å². The van der Waals surface area contributed by atoms with Gasteiger partial charge in [0, 0.05) is 36.8 Å². The van der Waals surface area contributed by atoms with Gasteiger partial charge in [-0.25, -0.2) is 8.42 Å². The number of fused-ring (bicyclic) bond motifs is 2. The van der Waals surface area contributed by atoms with Crippen molar-refractivity contribution < 1.29 is 13.3 Å². The molecule has 8 heteroatoms. The highest BCUT2D eigenvalue weighted by Crippen LogP contribution is 2.29. The van der Waals surface area contributed by atoms with E-state index in [9.17, 15) is 18.5 Å². The van der Waals surface area contributed by atoms with E-state index in [1.54, 1.807) is 0 Å². The first kappa shape index (κ1) is 15.4. The molecule has 22 heavy (non-hydrogen) atoms. The molecule has 0 amide bonds. The Morgan fingerprint density at radius 1 is 1.27 bits per heavy atom. The normalized spacial score (nSPS) is 25.9. The van der Waals surface area contributed by atoms with Crippen LogP contribution in [0.25, 0.3) is 0 Å². The number of hydrogen-bond acceptors (Lipinski definition) is 5. The molecule has 2 heterocycles. The van der Waals surface area contributed by atoms with E-state index < -0.39 is 14.9 Å². The fraction of sp³-hybridized carbons (Fsp3) is 0.571. The summed E-state index contributed by atoms with van der Waals surface area (Å²) in [5, 5.41) is 14.5. The van der Waals surface area contributed by atoms with E-state index in [0.29, 0.717) is 19.1 Å². The lowest BCUT2D eigenvalue weighted by Crippen LogP contribution is -2.39. The minimum atomic E-state index is -3.71. The van der Waals surface area contributed by atoms with E-state index in [4.69, 9.17) is 0 Å². The standard InChI is InChI=1S/C14H19N3O4S/c1-10-13(17(18)19)3-2-4-14(10)22(20,21)16-8-7-11-5-6-12(9-16)15-11/h2-4,11-12,15H,5-9H2,1H3. The van der Waals surface area contributed by atoms with E-state index >= 15 is 0 Å². The largest absolute Gasteiger partial charge is 0.310 e. The van der Waals surface area contributed by atoms with Gasteiger partial charge in [-0.1, -0.05) is 6.07 Å².